The first-order chi connectivity index (χ1) is 14.3. The maximum Gasteiger partial charge on any atom is 0.326 e. The summed E-state index contributed by atoms with van der Waals surface area (Å²) in [7, 11) is 2.15. The zero-order chi connectivity index (χ0) is 22.3. The monoisotopic (exact) mass is 413 g/mol. The Morgan fingerprint density at radius 1 is 0.833 bits per heavy atom. The molecular weight excluding hydrogens is 390 g/mol. The molecule has 0 fully saturated rings. The second-order valence-corrected chi connectivity index (χ2v) is 6.62. The molecule has 0 saturated heterocycles. The average molecular weight is 413 g/mol. The molecule has 1 amide bonds. The highest BCUT2D eigenvalue weighted by molar-refractivity contribution is 5.99. The van der Waals surface area contributed by atoms with Crippen molar-refractivity contribution in [2.45, 2.75) is 13.0 Å². The van der Waals surface area contributed by atoms with Gasteiger partial charge < -0.3 is 19.9 Å². The Bertz CT molecular complexity index is 893. The molecule has 2 aromatic carbocycles. The van der Waals surface area contributed by atoms with Crippen LogP contribution in [0.5, 0.6) is 0 Å². The van der Waals surface area contributed by atoms with Crippen molar-refractivity contribution in [3.8, 4) is 11.1 Å². The van der Waals surface area contributed by atoms with Gasteiger partial charge in [-0.3, -0.25) is 14.4 Å². The van der Waals surface area contributed by atoms with Gasteiger partial charge >= 0.3 is 17.9 Å². The molecule has 2 atom stereocenters. The van der Waals surface area contributed by atoms with Crippen molar-refractivity contribution < 1.29 is 33.8 Å². The number of hydrogen-bond acceptors (Lipinski definition) is 6. The van der Waals surface area contributed by atoms with Gasteiger partial charge in [-0.1, -0.05) is 49.4 Å². The Hall–Kier alpha value is -3.68. The lowest BCUT2D eigenvalue weighted by molar-refractivity contribution is -0.162. The number of carboxylic acid groups (broad SMARTS) is 1. The zero-order valence-corrected chi connectivity index (χ0v) is 16.8. The van der Waals surface area contributed by atoms with E-state index in [1.807, 2.05) is 30.3 Å². The Morgan fingerprint density at radius 3 is 1.80 bits per heavy atom. The van der Waals surface area contributed by atoms with Crippen LogP contribution in [0.3, 0.4) is 0 Å². The Labute approximate surface area is 173 Å². The normalized spacial score (nSPS) is 12.5. The lowest BCUT2D eigenvalue weighted by Gasteiger charge is -2.26. The molecule has 0 aromatic heterocycles. The molecular formula is C22H23NO7. The van der Waals surface area contributed by atoms with Gasteiger partial charge in [0.2, 0.25) is 0 Å². The number of nitrogens with one attached hydrogen (secondary N) is 1. The molecule has 0 radical (unpaired) electrons. The van der Waals surface area contributed by atoms with E-state index in [1.54, 1.807) is 24.3 Å². The number of esters is 2. The molecule has 2 rings (SSSR count). The van der Waals surface area contributed by atoms with Crippen LogP contribution in [0.4, 0.5) is 0 Å². The predicted octanol–water partition coefficient (Wildman–Crippen LogP) is 2.13. The number of benzene rings is 2. The summed E-state index contributed by atoms with van der Waals surface area (Å²) in [6.07, 6.45) is 0. The van der Waals surface area contributed by atoms with Crippen molar-refractivity contribution in [2.24, 2.45) is 11.8 Å². The smallest absolute Gasteiger partial charge is 0.326 e. The lowest BCUT2D eigenvalue weighted by atomic mass is 9.87. The van der Waals surface area contributed by atoms with E-state index >= 15 is 0 Å². The lowest BCUT2D eigenvalue weighted by Crippen LogP contribution is -2.50. The van der Waals surface area contributed by atoms with Crippen LogP contribution in [0.1, 0.15) is 17.3 Å². The Kier molecular flexibility index (Phi) is 7.69. The quantitative estimate of drug-likeness (QED) is 0.503. The van der Waals surface area contributed by atoms with Crippen molar-refractivity contribution in [1.82, 2.24) is 5.32 Å². The summed E-state index contributed by atoms with van der Waals surface area (Å²) < 4.78 is 9.17. The average Bonchev–Trinajstić information content (AvgIpc) is 2.77. The van der Waals surface area contributed by atoms with E-state index in [1.165, 1.54) is 6.92 Å². The molecule has 158 valence electrons. The SMILES string of the molecule is COC(=O)C(C(=O)OC)[C@H](C)[C@@H](NC(=O)c1ccc(-c2ccccc2)cc1)C(=O)O. The number of carbonyl (C=O) groups excluding carboxylic acids is 3. The minimum atomic E-state index is -1.52. The van der Waals surface area contributed by atoms with Crippen LogP contribution < -0.4 is 5.32 Å². The Balaban J connectivity index is 2.21. The van der Waals surface area contributed by atoms with Gasteiger partial charge in [0, 0.05) is 11.5 Å². The van der Waals surface area contributed by atoms with Crippen molar-refractivity contribution in [2.75, 3.05) is 14.2 Å². The fourth-order valence-electron chi connectivity index (χ4n) is 3.06. The van der Waals surface area contributed by atoms with Gasteiger partial charge in [-0.15, -0.1) is 0 Å². The minimum Gasteiger partial charge on any atom is -0.480 e. The van der Waals surface area contributed by atoms with Gasteiger partial charge in [-0.25, -0.2) is 4.79 Å². The van der Waals surface area contributed by atoms with Crippen LogP contribution in [0, 0.1) is 11.8 Å². The third-order valence-corrected chi connectivity index (χ3v) is 4.77. The van der Waals surface area contributed by atoms with Crippen LogP contribution in [-0.4, -0.2) is 49.2 Å². The second kappa shape index (κ2) is 10.2. The number of rotatable bonds is 8. The van der Waals surface area contributed by atoms with Crippen LogP contribution in [0.25, 0.3) is 11.1 Å². The van der Waals surface area contributed by atoms with Gasteiger partial charge in [0.25, 0.3) is 5.91 Å². The topological polar surface area (TPSA) is 119 Å². The van der Waals surface area contributed by atoms with E-state index in [2.05, 4.69) is 14.8 Å². The molecule has 30 heavy (non-hydrogen) atoms. The van der Waals surface area contributed by atoms with Gasteiger partial charge in [-0.05, 0) is 23.3 Å². The molecule has 0 unspecified atom stereocenters. The van der Waals surface area contributed by atoms with Crippen LogP contribution in [0.2, 0.25) is 0 Å². The second-order valence-electron chi connectivity index (χ2n) is 6.62. The van der Waals surface area contributed by atoms with Crippen molar-refractivity contribution in [3.05, 3.63) is 60.2 Å². The van der Waals surface area contributed by atoms with Gasteiger partial charge in [0.15, 0.2) is 5.92 Å². The molecule has 2 N–H and O–H groups in total. The van der Waals surface area contributed by atoms with E-state index < -0.39 is 41.7 Å². The first-order valence-electron chi connectivity index (χ1n) is 9.15. The van der Waals surface area contributed by atoms with Crippen molar-refractivity contribution in [3.63, 3.8) is 0 Å². The number of ether oxygens (including phenoxy) is 2. The van der Waals surface area contributed by atoms with Crippen molar-refractivity contribution in [1.29, 1.82) is 0 Å². The van der Waals surface area contributed by atoms with Crippen molar-refractivity contribution >= 4 is 23.8 Å². The van der Waals surface area contributed by atoms with E-state index in [0.717, 1.165) is 25.3 Å². The summed E-state index contributed by atoms with van der Waals surface area (Å²) in [4.78, 5) is 48.3. The molecule has 0 aliphatic heterocycles. The highest BCUT2D eigenvalue weighted by Crippen LogP contribution is 2.22. The van der Waals surface area contributed by atoms with Crippen LogP contribution in [0.15, 0.2) is 54.6 Å². The molecule has 0 aliphatic rings. The largest absolute Gasteiger partial charge is 0.480 e. The highest BCUT2D eigenvalue weighted by Gasteiger charge is 2.42. The zero-order valence-electron chi connectivity index (χ0n) is 16.8. The maximum atomic E-state index is 12.6. The third-order valence-electron chi connectivity index (χ3n) is 4.77. The first kappa shape index (κ1) is 22.6. The molecule has 0 saturated carbocycles. The number of aliphatic carboxylic acids is 1. The summed E-state index contributed by atoms with van der Waals surface area (Å²) in [5.41, 5.74) is 2.10. The molecule has 0 heterocycles. The minimum absolute atomic E-state index is 0.237. The van der Waals surface area contributed by atoms with Crippen LogP contribution in [-0.2, 0) is 23.9 Å². The summed E-state index contributed by atoms with van der Waals surface area (Å²) in [6.45, 7) is 1.36. The van der Waals surface area contributed by atoms with E-state index in [4.69, 9.17) is 0 Å². The molecule has 0 spiro atoms. The van der Waals surface area contributed by atoms with E-state index in [9.17, 15) is 24.3 Å². The van der Waals surface area contributed by atoms with E-state index in [0.29, 0.717) is 0 Å². The number of methoxy groups -OCH3 is 2. The summed E-state index contributed by atoms with van der Waals surface area (Å²) in [6, 6.07) is 14.7. The highest BCUT2D eigenvalue weighted by atomic mass is 16.5. The van der Waals surface area contributed by atoms with E-state index in [-0.39, 0.29) is 5.56 Å². The first-order valence-corrected chi connectivity index (χ1v) is 9.15. The molecule has 0 aliphatic carbocycles. The standard InChI is InChI=1S/C22H23NO7/c1-13(17(21(27)29-2)22(28)30-3)18(20(25)26)23-19(24)16-11-9-15(10-12-16)14-7-5-4-6-8-14/h4-13,17-18H,1-3H3,(H,23,24)(H,25,26)/t13-,18+/m0/s1. The summed E-state index contributed by atoms with van der Waals surface area (Å²) in [5.74, 6) is -6.54. The van der Waals surface area contributed by atoms with Gasteiger partial charge in [0.1, 0.15) is 6.04 Å². The fraction of sp³-hybridized carbons (Fsp3) is 0.273. The third kappa shape index (κ3) is 5.22. The molecule has 2 aromatic rings. The Morgan fingerprint density at radius 2 is 1.33 bits per heavy atom. The number of carboxylic acids is 1. The number of carbonyl (C=O) groups is 4. The van der Waals surface area contributed by atoms with Gasteiger partial charge in [0.05, 0.1) is 14.2 Å². The summed E-state index contributed by atoms with van der Waals surface area (Å²) >= 11 is 0. The number of amides is 1. The number of hydrogen-bond donors (Lipinski definition) is 2. The van der Waals surface area contributed by atoms with Crippen LogP contribution >= 0.6 is 0 Å². The fourth-order valence-corrected chi connectivity index (χ4v) is 3.06. The molecule has 8 nitrogen and oxygen atoms in total. The maximum absolute atomic E-state index is 12.6. The molecule has 0 bridgehead atoms. The van der Waals surface area contributed by atoms with Gasteiger partial charge in [-0.2, -0.15) is 0 Å². The predicted molar refractivity (Wildman–Crippen MR) is 107 cm³/mol. The molecule has 8 heteroatoms. The summed E-state index contributed by atoms with van der Waals surface area (Å²) in [5, 5.41) is 11.9.